The minimum absolute atomic E-state index is 0.0300. The topological polar surface area (TPSA) is 78.9 Å². The molecule has 3 N–H and O–H groups in total. The lowest BCUT2D eigenvalue weighted by atomic mass is 10.1. The van der Waals surface area contributed by atoms with E-state index in [2.05, 4.69) is 11.4 Å². The van der Waals surface area contributed by atoms with Crippen molar-refractivity contribution in [1.29, 1.82) is 5.26 Å². The number of hydrogen-bond donors (Lipinski definition) is 2. The second-order valence-electron chi connectivity index (χ2n) is 4.48. The molecule has 1 saturated carbocycles. The number of rotatable bonds is 4. The summed E-state index contributed by atoms with van der Waals surface area (Å²) in [6.07, 6.45) is 1.77. The monoisotopic (exact) mass is 229 g/mol. The van der Waals surface area contributed by atoms with Gasteiger partial charge in [0, 0.05) is 13.1 Å². The molecule has 0 aliphatic heterocycles. The van der Waals surface area contributed by atoms with E-state index in [4.69, 9.17) is 11.0 Å². The van der Waals surface area contributed by atoms with Crippen LogP contribution in [0.5, 0.6) is 0 Å². The van der Waals surface area contributed by atoms with Gasteiger partial charge in [0.2, 0.25) is 5.91 Å². The van der Waals surface area contributed by atoms with Gasteiger partial charge in [-0.25, -0.2) is 0 Å². The molecule has 2 rings (SSSR count). The van der Waals surface area contributed by atoms with Crippen molar-refractivity contribution in [3.63, 3.8) is 0 Å². The molecule has 0 aromatic heterocycles. The first-order valence-electron chi connectivity index (χ1n) is 5.68. The van der Waals surface area contributed by atoms with Crippen LogP contribution in [0.15, 0.2) is 24.3 Å². The molecule has 4 heteroatoms. The molecule has 17 heavy (non-hydrogen) atoms. The second-order valence-corrected chi connectivity index (χ2v) is 4.48. The zero-order valence-electron chi connectivity index (χ0n) is 9.57. The molecule has 1 aromatic rings. The maximum Gasteiger partial charge on any atom is 0.227 e. The summed E-state index contributed by atoms with van der Waals surface area (Å²) in [7, 11) is 0. The lowest BCUT2D eigenvalue weighted by Gasteiger charge is -2.12. The summed E-state index contributed by atoms with van der Waals surface area (Å²) < 4.78 is 0. The summed E-state index contributed by atoms with van der Waals surface area (Å²) in [6, 6.07) is 9.31. The Morgan fingerprint density at radius 3 is 2.88 bits per heavy atom. The number of nitrogens with two attached hydrogens (primary N) is 1. The predicted octanol–water partition coefficient (Wildman–Crippen LogP) is 0.913. The quantitative estimate of drug-likeness (QED) is 0.805. The number of carbonyl (C=O) groups excluding carboxylic acids is 1. The van der Waals surface area contributed by atoms with Crippen LogP contribution < -0.4 is 11.1 Å². The number of nitriles is 1. The molecule has 0 bridgehead atoms. The average Bonchev–Trinajstić information content (AvgIpc) is 3.17. The fraction of sp³-hybridized carbons (Fsp3) is 0.385. The van der Waals surface area contributed by atoms with Gasteiger partial charge < -0.3 is 11.1 Å². The van der Waals surface area contributed by atoms with Gasteiger partial charge in [0.25, 0.3) is 0 Å². The summed E-state index contributed by atoms with van der Waals surface area (Å²) in [5, 5.41) is 11.6. The molecule has 1 fully saturated rings. The highest BCUT2D eigenvalue weighted by molar-refractivity contribution is 5.85. The first kappa shape index (κ1) is 11.6. The van der Waals surface area contributed by atoms with Gasteiger partial charge in [-0.3, -0.25) is 4.79 Å². The summed E-state index contributed by atoms with van der Waals surface area (Å²) in [5.41, 5.74) is 6.81. The van der Waals surface area contributed by atoms with Gasteiger partial charge >= 0.3 is 0 Å². The first-order chi connectivity index (χ1) is 8.20. The van der Waals surface area contributed by atoms with Gasteiger partial charge in [0.1, 0.15) is 0 Å². The van der Waals surface area contributed by atoms with Crippen molar-refractivity contribution < 1.29 is 4.79 Å². The molecule has 0 unspecified atom stereocenters. The Balaban J connectivity index is 1.94. The van der Waals surface area contributed by atoms with E-state index in [-0.39, 0.29) is 11.3 Å². The number of nitrogens with zero attached hydrogens (tertiary/aromatic N) is 1. The Morgan fingerprint density at radius 1 is 1.53 bits per heavy atom. The average molecular weight is 229 g/mol. The van der Waals surface area contributed by atoms with E-state index in [0.717, 1.165) is 18.4 Å². The van der Waals surface area contributed by atoms with Crippen LogP contribution >= 0.6 is 0 Å². The van der Waals surface area contributed by atoms with E-state index in [1.54, 1.807) is 12.1 Å². The molecular formula is C13H15N3O. The third kappa shape index (κ3) is 2.45. The third-order valence-corrected chi connectivity index (χ3v) is 3.24. The van der Waals surface area contributed by atoms with Crippen molar-refractivity contribution in [1.82, 2.24) is 5.32 Å². The largest absolute Gasteiger partial charge is 0.352 e. The lowest BCUT2D eigenvalue weighted by Crippen LogP contribution is -2.36. The van der Waals surface area contributed by atoms with Crippen molar-refractivity contribution in [3.8, 4) is 6.07 Å². The third-order valence-electron chi connectivity index (χ3n) is 3.24. The van der Waals surface area contributed by atoms with Crippen LogP contribution in [0.1, 0.15) is 24.0 Å². The summed E-state index contributed by atoms with van der Waals surface area (Å²) in [6.45, 7) is 0.868. The molecule has 1 amide bonds. The molecule has 1 aliphatic rings. The van der Waals surface area contributed by atoms with Gasteiger partial charge in [-0.1, -0.05) is 12.1 Å². The van der Waals surface area contributed by atoms with Crippen LogP contribution in [0.2, 0.25) is 0 Å². The summed E-state index contributed by atoms with van der Waals surface area (Å²) in [5.74, 6) is 0.0300. The minimum Gasteiger partial charge on any atom is -0.352 e. The number of amides is 1. The molecule has 1 aliphatic carbocycles. The number of hydrogen-bond acceptors (Lipinski definition) is 3. The van der Waals surface area contributed by atoms with Gasteiger partial charge in [-0.2, -0.15) is 5.26 Å². The van der Waals surface area contributed by atoms with Crippen molar-refractivity contribution in [2.45, 2.75) is 19.4 Å². The van der Waals surface area contributed by atoms with Crippen LogP contribution in [0.4, 0.5) is 0 Å². The van der Waals surface area contributed by atoms with Crippen LogP contribution in [-0.4, -0.2) is 12.5 Å². The fourth-order valence-electron chi connectivity index (χ4n) is 1.80. The standard InChI is InChI=1S/C13H15N3O/c14-7-10-2-1-3-11(6-10)8-16-12(17)13(9-15)4-5-13/h1-3,6H,4-5,8-9,15H2,(H,16,17). The molecule has 0 radical (unpaired) electrons. The Labute approximate surface area is 100 Å². The van der Waals surface area contributed by atoms with E-state index >= 15 is 0 Å². The maximum atomic E-state index is 11.8. The van der Waals surface area contributed by atoms with Crippen LogP contribution in [-0.2, 0) is 11.3 Å². The van der Waals surface area contributed by atoms with Crippen LogP contribution in [0.25, 0.3) is 0 Å². The highest BCUT2D eigenvalue weighted by Gasteiger charge is 2.48. The molecule has 4 nitrogen and oxygen atoms in total. The molecule has 88 valence electrons. The Kier molecular flexibility index (Phi) is 3.12. The Hall–Kier alpha value is -1.86. The van der Waals surface area contributed by atoms with Crippen molar-refractivity contribution in [2.75, 3.05) is 6.54 Å². The second kappa shape index (κ2) is 4.56. The zero-order chi connectivity index (χ0) is 12.3. The molecule has 0 saturated heterocycles. The smallest absolute Gasteiger partial charge is 0.227 e. The fourth-order valence-corrected chi connectivity index (χ4v) is 1.80. The predicted molar refractivity (Wildman–Crippen MR) is 63.7 cm³/mol. The maximum absolute atomic E-state index is 11.8. The number of carbonyl (C=O) groups is 1. The van der Waals surface area contributed by atoms with Gasteiger partial charge in [-0.05, 0) is 30.5 Å². The van der Waals surface area contributed by atoms with Crippen molar-refractivity contribution in [2.24, 2.45) is 11.1 Å². The molecular weight excluding hydrogens is 214 g/mol. The van der Waals surface area contributed by atoms with Crippen LogP contribution in [0, 0.1) is 16.7 Å². The van der Waals surface area contributed by atoms with E-state index in [1.807, 2.05) is 12.1 Å². The zero-order valence-corrected chi connectivity index (χ0v) is 9.57. The molecule has 1 aromatic carbocycles. The van der Waals surface area contributed by atoms with E-state index in [9.17, 15) is 4.79 Å². The van der Waals surface area contributed by atoms with Gasteiger partial charge in [-0.15, -0.1) is 0 Å². The van der Waals surface area contributed by atoms with Gasteiger partial charge in [0.05, 0.1) is 17.0 Å². The highest BCUT2D eigenvalue weighted by Crippen LogP contribution is 2.44. The SMILES string of the molecule is N#Cc1cccc(CNC(=O)C2(CN)CC2)c1. The van der Waals surface area contributed by atoms with Gasteiger partial charge in [0.15, 0.2) is 0 Å². The Morgan fingerprint density at radius 2 is 2.29 bits per heavy atom. The van der Waals surface area contributed by atoms with Crippen molar-refractivity contribution in [3.05, 3.63) is 35.4 Å². The first-order valence-corrected chi connectivity index (χ1v) is 5.68. The van der Waals surface area contributed by atoms with E-state index in [0.29, 0.717) is 18.7 Å². The van der Waals surface area contributed by atoms with Crippen LogP contribution in [0.3, 0.4) is 0 Å². The van der Waals surface area contributed by atoms with E-state index in [1.165, 1.54) is 0 Å². The Bertz CT molecular complexity index is 472. The molecule has 0 atom stereocenters. The van der Waals surface area contributed by atoms with E-state index < -0.39 is 0 Å². The summed E-state index contributed by atoms with van der Waals surface area (Å²) in [4.78, 5) is 11.8. The van der Waals surface area contributed by atoms with Crippen molar-refractivity contribution >= 4 is 5.91 Å². The molecule has 0 spiro atoms. The number of benzene rings is 1. The highest BCUT2D eigenvalue weighted by atomic mass is 16.2. The lowest BCUT2D eigenvalue weighted by molar-refractivity contribution is -0.126. The minimum atomic E-state index is -0.313. The molecule has 0 heterocycles. The normalized spacial score (nSPS) is 16.0. The number of nitrogens with one attached hydrogen (secondary N) is 1. The summed E-state index contributed by atoms with van der Waals surface area (Å²) >= 11 is 0.